The number of nitrogens with one attached hydrogen (secondary N) is 1. The van der Waals surface area contributed by atoms with Crippen LogP contribution in [0.5, 0.6) is 0 Å². The van der Waals surface area contributed by atoms with Gasteiger partial charge in [-0.15, -0.1) is 11.8 Å². The molecule has 0 unspecified atom stereocenters. The van der Waals surface area contributed by atoms with Crippen LogP contribution in [0.25, 0.3) is 0 Å². The van der Waals surface area contributed by atoms with Crippen LogP contribution in [0, 0.1) is 5.82 Å². The zero-order chi connectivity index (χ0) is 15.1. The van der Waals surface area contributed by atoms with E-state index in [1.807, 2.05) is 4.90 Å². The van der Waals surface area contributed by atoms with Crippen molar-refractivity contribution in [2.24, 2.45) is 0 Å². The molecule has 2 amide bonds. The minimum Gasteiger partial charge on any atom is -0.342 e. The molecule has 21 heavy (non-hydrogen) atoms. The van der Waals surface area contributed by atoms with Crippen LogP contribution in [-0.4, -0.2) is 41.3 Å². The lowest BCUT2D eigenvalue weighted by Gasteiger charge is -2.26. The highest BCUT2D eigenvalue weighted by Gasteiger charge is 2.16. The summed E-state index contributed by atoms with van der Waals surface area (Å²) >= 11 is 1.31. The first kappa shape index (κ1) is 15.8. The maximum Gasteiger partial charge on any atom is 0.234 e. The number of piperidine rings is 1. The Morgan fingerprint density at radius 3 is 2.43 bits per heavy atom. The van der Waals surface area contributed by atoms with Crippen molar-refractivity contribution in [1.82, 2.24) is 4.90 Å². The smallest absolute Gasteiger partial charge is 0.234 e. The first-order chi connectivity index (χ1) is 10.1. The van der Waals surface area contributed by atoms with Crippen LogP contribution in [0.3, 0.4) is 0 Å². The van der Waals surface area contributed by atoms with E-state index >= 15 is 0 Å². The van der Waals surface area contributed by atoms with Crippen molar-refractivity contribution in [3.63, 3.8) is 0 Å². The predicted molar refractivity (Wildman–Crippen MR) is 82.8 cm³/mol. The molecule has 0 radical (unpaired) electrons. The van der Waals surface area contributed by atoms with Crippen molar-refractivity contribution >= 4 is 29.3 Å². The maximum atomic E-state index is 12.7. The van der Waals surface area contributed by atoms with E-state index in [4.69, 9.17) is 0 Å². The number of rotatable bonds is 5. The molecule has 0 atom stereocenters. The van der Waals surface area contributed by atoms with Gasteiger partial charge in [0, 0.05) is 18.8 Å². The van der Waals surface area contributed by atoms with Crippen molar-refractivity contribution in [3.8, 4) is 0 Å². The molecule has 1 aromatic carbocycles. The lowest BCUT2D eigenvalue weighted by Crippen LogP contribution is -2.37. The van der Waals surface area contributed by atoms with Gasteiger partial charge >= 0.3 is 0 Å². The molecule has 0 aromatic heterocycles. The lowest BCUT2D eigenvalue weighted by atomic mass is 10.1. The minimum atomic E-state index is -0.338. The average Bonchev–Trinajstić information content (AvgIpc) is 2.50. The van der Waals surface area contributed by atoms with Crippen LogP contribution >= 0.6 is 11.8 Å². The highest BCUT2D eigenvalue weighted by Crippen LogP contribution is 2.12. The fourth-order valence-corrected chi connectivity index (χ4v) is 2.91. The summed E-state index contributed by atoms with van der Waals surface area (Å²) in [5.41, 5.74) is 0.560. The molecule has 114 valence electrons. The third-order valence-electron chi connectivity index (χ3n) is 3.30. The van der Waals surface area contributed by atoms with Crippen LogP contribution in [0.4, 0.5) is 10.1 Å². The summed E-state index contributed by atoms with van der Waals surface area (Å²) in [5, 5.41) is 2.67. The number of carbonyl (C=O) groups excluding carboxylic acids is 2. The lowest BCUT2D eigenvalue weighted by molar-refractivity contribution is -0.129. The number of halogens is 1. The summed E-state index contributed by atoms with van der Waals surface area (Å²) in [6.45, 7) is 1.67. The monoisotopic (exact) mass is 310 g/mol. The number of amides is 2. The molecule has 1 saturated heterocycles. The number of thioether (sulfide) groups is 1. The number of benzene rings is 1. The van der Waals surface area contributed by atoms with Crippen LogP contribution in [0.15, 0.2) is 24.3 Å². The van der Waals surface area contributed by atoms with E-state index in [1.165, 1.54) is 42.4 Å². The standard InChI is InChI=1S/C15H19FN2O2S/c16-12-4-6-13(7-5-12)17-14(19)10-21-11-15(20)18-8-2-1-3-9-18/h4-7H,1-3,8-11H2,(H,17,19). The fourth-order valence-electron chi connectivity index (χ4n) is 2.20. The van der Waals surface area contributed by atoms with Gasteiger partial charge < -0.3 is 10.2 Å². The maximum absolute atomic E-state index is 12.7. The second-order valence-corrected chi connectivity index (χ2v) is 5.97. The number of nitrogens with zero attached hydrogens (tertiary/aromatic N) is 1. The van der Waals surface area contributed by atoms with E-state index in [0.29, 0.717) is 11.4 Å². The Morgan fingerprint density at radius 1 is 1.10 bits per heavy atom. The van der Waals surface area contributed by atoms with E-state index in [9.17, 15) is 14.0 Å². The molecule has 1 aliphatic rings. The molecule has 1 aromatic rings. The fraction of sp³-hybridized carbons (Fsp3) is 0.467. The van der Waals surface area contributed by atoms with Gasteiger partial charge in [-0.2, -0.15) is 0 Å². The molecule has 0 saturated carbocycles. The van der Waals surface area contributed by atoms with E-state index in [2.05, 4.69) is 5.32 Å². The molecular formula is C15H19FN2O2S. The Hall–Kier alpha value is -1.56. The second-order valence-electron chi connectivity index (χ2n) is 4.99. The van der Waals surface area contributed by atoms with E-state index in [0.717, 1.165) is 25.9 Å². The van der Waals surface area contributed by atoms with Crippen LogP contribution in [-0.2, 0) is 9.59 Å². The Kier molecular flexibility index (Phi) is 6.04. The number of hydrogen-bond donors (Lipinski definition) is 1. The number of anilines is 1. The topological polar surface area (TPSA) is 49.4 Å². The minimum absolute atomic E-state index is 0.106. The Bertz CT molecular complexity index is 487. The summed E-state index contributed by atoms with van der Waals surface area (Å²) < 4.78 is 12.7. The Morgan fingerprint density at radius 2 is 1.76 bits per heavy atom. The molecule has 1 fully saturated rings. The van der Waals surface area contributed by atoms with Gasteiger partial charge in [-0.05, 0) is 43.5 Å². The highest BCUT2D eigenvalue weighted by molar-refractivity contribution is 8.00. The van der Waals surface area contributed by atoms with Gasteiger partial charge in [-0.1, -0.05) is 0 Å². The summed E-state index contributed by atoms with van der Waals surface area (Å²) in [7, 11) is 0. The SMILES string of the molecule is O=C(CSCC(=O)N1CCCCC1)Nc1ccc(F)cc1. The first-order valence-corrected chi connectivity index (χ1v) is 8.21. The van der Waals surface area contributed by atoms with Crippen LogP contribution in [0.2, 0.25) is 0 Å². The average molecular weight is 310 g/mol. The molecule has 0 bridgehead atoms. The van der Waals surface area contributed by atoms with Crippen LogP contribution in [0.1, 0.15) is 19.3 Å². The molecule has 1 N–H and O–H groups in total. The second kappa shape index (κ2) is 8.02. The molecule has 0 spiro atoms. The van der Waals surface area contributed by atoms with E-state index < -0.39 is 0 Å². The molecule has 2 rings (SSSR count). The van der Waals surface area contributed by atoms with Crippen molar-refractivity contribution in [2.45, 2.75) is 19.3 Å². The summed E-state index contributed by atoms with van der Waals surface area (Å²) in [6, 6.07) is 5.61. The zero-order valence-corrected chi connectivity index (χ0v) is 12.6. The van der Waals surface area contributed by atoms with Crippen molar-refractivity contribution < 1.29 is 14.0 Å². The zero-order valence-electron chi connectivity index (χ0n) is 11.8. The van der Waals surface area contributed by atoms with Gasteiger partial charge in [-0.3, -0.25) is 9.59 Å². The summed E-state index contributed by atoms with van der Waals surface area (Å²) in [4.78, 5) is 25.5. The van der Waals surface area contributed by atoms with Gasteiger partial charge in [0.15, 0.2) is 0 Å². The molecular weight excluding hydrogens is 291 g/mol. The number of carbonyl (C=O) groups is 2. The van der Waals surface area contributed by atoms with Crippen molar-refractivity contribution in [3.05, 3.63) is 30.1 Å². The van der Waals surface area contributed by atoms with Gasteiger partial charge in [0.25, 0.3) is 0 Å². The third-order valence-corrected chi connectivity index (χ3v) is 4.21. The van der Waals surface area contributed by atoms with Crippen molar-refractivity contribution in [1.29, 1.82) is 0 Å². The van der Waals surface area contributed by atoms with Gasteiger partial charge in [-0.25, -0.2) is 4.39 Å². The summed E-state index contributed by atoms with van der Waals surface area (Å²) in [6.07, 6.45) is 3.33. The first-order valence-electron chi connectivity index (χ1n) is 7.06. The Balaban J connectivity index is 1.66. The molecule has 0 aliphatic carbocycles. The molecule has 6 heteroatoms. The van der Waals surface area contributed by atoms with Gasteiger partial charge in [0.05, 0.1) is 11.5 Å². The van der Waals surface area contributed by atoms with Gasteiger partial charge in [0.2, 0.25) is 11.8 Å². The normalized spacial score (nSPS) is 14.8. The molecule has 4 nitrogen and oxygen atoms in total. The highest BCUT2D eigenvalue weighted by atomic mass is 32.2. The van der Waals surface area contributed by atoms with Crippen molar-refractivity contribution in [2.75, 3.05) is 29.9 Å². The van der Waals surface area contributed by atoms with E-state index in [-0.39, 0.29) is 23.4 Å². The van der Waals surface area contributed by atoms with Gasteiger partial charge in [0.1, 0.15) is 5.82 Å². The Labute approximate surface area is 128 Å². The third kappa shape index (κ3) is 5.38. The number of likely N-dealkylation sites (tertiary alicyclic amines) is 1. The predicted octanol–water partition coefficient (Wildman–Crippen LogP) is 2.51. The number of hydrogen-bond acceptors (Lipinski definition) is 3. The molecule has 1 heterocycles. The van der Waals surface area contributed by atoms with Crippen LogP contribution < -0.4 is 5.32 Å². The largest absolute Gasteiger partial charge is 0.342 e. The van der Waals surface area contributed by atoms with E-state index in [1.54, 1.807) is 0 Å². The summed E-state index contributed by atoms with van der Waals surface area (Å²) in [5.74, 6) is 0.134. The molecule has 1 aliphatic heterocycles. The quantitative estimate of drug-likeness (QED) is 0.909.